The largest absolute Gasteiger partial charge is 0.497 e. The van der Waals surface area contributed by atoms with Crippen molar-refractivity contribution >= 4 is 10.8 Å². The molecule has 22 heavy (non-hydrogen) atoms. The maximum atomic E-state index is 14.5. The predicted octanol–water partition coefficient (Wildman–Crippen LogP) is 5.81. The van der Waals surface area contributed by atoms with Gasteiger partial charge in [0.1, 0.15) is 5.75 Å². The van der Waals surface area contributed by atoms with Crippen LogP contribution in [0.15, 0.2) is 24.3 Å². The van der Waals surface area contributed by atoms with Gasteiger partial charge in [0, 0.05) is 5.39 Å². The summed E-state index contributed by atoms with van der Waals surface area (Å²) in [5.41, 5.74) is 0.546. The van der Waals surface area contributed by atoms with E-state index in [1.165, 1.54) is 13.5 Å². The summed E-state index contributed by atoms with van der Waals surface area (Å²) in [6.45, 7) is 2.20. The molecule has 0 unspecified atom stereocenters. The van der Waals surface area contributed by atoms with Crippen molar-refractivity contribution in [2.45, 2.75) is 44.9 Å². The van der Waals surface area contributed by atoms with Crippen LogP contribution in [-0.2, 0) is 0 Å². The van der Waals surface area contributed by atoms with Crippen LogP contribution in [0.1, 0.15) is 50.5 Å². The molecule has 0 aromatic heterocycles. The number of halogens is 2. The third-order valence-electron chi connectivity index (χ3n) is 5.12. The molecule has 0 amide bonds. The van der Waals surface area contributed by atoms with Crippen molar-refractivity contribution in [1.82, 2.24) is 0 Å². The summed E-state index contributed by atoms with van der Waals surface area (Å²) in [6, 6.07) is 6.98. The minimum Gasteiger partial charge on any atom is -0.497 e. The highest BCUT2D eigenvalue weighted by Gasteiger charge is 2.25. The molecule has 0 bridgehead atoms. The lowest BCUT2D eigenvalue weighted by molar-refractivity contribution is 0.313. The van der Waals surface area contributed by atoms with Crippen LogP contribution in [0.2, 0.25) is 0 Å². The zero-order valence-electron chi connectivity index (χ0n) is 13.2. The number of hydrogen-bond donors (Lipinski definition) is 0. The van der Waals surface area contributed by atoms with E-state index in [2.05, 4.69) is 6.92 Å². The second-order valence-electron chi connectivity index (χ2n) is 6.31. The smallest absolute Gasteiger partial charge is 0.167 e. The zero-order valence-corrected chi connectivity index (χ0v) is 13.2. The summed E-state index contributed by atoms with van der Waals surface area (Å²) >= 11 is 0. The summed E-state index contributed by atoms with van der Waals surface area (Å²) in [4.78, 5) is 0. The Morgan fingerprint density at radius 3 is 2.41 bits per heavy atom. The van der Waals surface area contributed by atoms with Gasteiger partial charge in [0.05, 0.1) is 7.11 Å². The minimum atomic E-state index is -0.746. The number of benzene rings is 2. The van der Waals surface area contributed by atoms with Gasteiger partial charge in [-0.2, -0.15) is 0 Å². The first-order valence-corrected chi connectivity index (χ1v) is 8.09. The Morgan fingerprint density at radius 2 is 1.77 bits per heavy atom. The zero-order chi connectivity index (χ0) is 15.7. The number of methoxy groups -OCH3 is 1. The average molecular weight is 304 g/mol. The van der Waals surface area contributed by atoms with Gasteiger partial charge < -0.3 is 4.74 Å². The van der Waals surface area contributed by atoms with Gasteiger partial charge in [-0.3, -0.25) is 0 Å². The average Bonchev–Trinajstić information content (AvgIpc) is 2.58. The molecule has 1 aliphatic rings. The Morgan fingerprint density at radius 1 is 1.05 bits per heavy atom. The number of fused-ring (bicyclic) bond motifs is 1. The van der Waals surface area contributed by atoms with Crippen molar-refractivity contribution in [3.63, 3.8) is 0 Å². The first-order chi connectivity index (χ1) is 10.6. The van der Waals surface area contributed by atoms with E-state index in [1.807, 2.05) is 6.07 Å². The Hall–Kier alpha value is -1.64. The molecule has 1 fully saturated rings. The molecule has 1 nitrogen and oxygen atoms in total. The fraction of sp³-hybridized carbons (Fsp3) is 0.474. The van der Waals surface area contributed by atoms with E-state index >= 15 is 0 Å². The molecule has 0 N–H and O–H groups in total. The van der Waals surface area contributed by atoms with Gasteiger partial charge in [-0.25, -0.2) is 8.78 Å². The molecule has 1 aliphatic carbocycles. The van der Waals surface area contributed by atoms with Crippen LogP contribution in [0.4, 0.5) is 8.78 Å². The highest BCUT2D eigenvalue weighted by atomic mass is 19.2. The van der Waals surface area contributed by atoms with Gasteiger partial charge in [-0.1, -0.05) is 19.4 Å². The molecular weight excluding hydrogens is 282 g/mol. The van der Waals surface area contributed by atoms with E-state index in [0.29, 0.717) is 16.7 Å². The van der Waals surface area contributed by atoms with E-state index in [9.17, 15) is 8.78 Å². The fourth-order valence-electron chi connectivity index (χ4n) is 3.63. The van der Waals surface area contributed by atoms with E-state index in [1.54, 1.807) is 18.2 Å². The molecule has 118 valence electrons. The third-order valence-corrected chi connectivity index (χ3v) is 5.12. The summed E-state index contributed by atoms with van der Waals surface area (Å²) in [6.07, 6.45) is 5.32. The number of ether oxygens (including phenoxy) is 1. The van der Waals surface area contributed by atoms with Crippen LogP contribution >= 0.6 is 0 Å². The van der Waals surface area contributed by atoms with Crippen LogP contribution < -0.4 is 4.74 Å². The van der Waals surface area contributed by atoms with E-state index < -0.39 is 11.6 Å². The molecule has 2 aromatic rings. The second kappa shape index (κ2) is 6.23. The van der Waals surface area contributed by atoms with Crippen LogP contribution in [0.3, 0.4) is 0 Å². The lowest BCUT2D eigenvalue weighted by atomic mass is 9.77. The third kappa shape index (κ3) is 2.69. The van der Waals surface area contributed by atoms with Crippen molar-refractivity contribution in [1.29, 1.82) is 0 Å². The minimum absolute atomic E-state index is 0.142. The molecule has 0 atom stereocenters. The van der Waals surface area contributed by atoms with Crippen LogP contribution in [-0.4, -0.2) is 7.11 Å². The standard InChI is InChI=1S/C19H22F2O/c1-3-12-4-6-13(7-5-12)16-10-14-8-9-15(22-2)11-17(14)19(21)18(16)20/h8-13H,3-7H2,1-2H3. The lowest BCUT2D eigenvalue weighted by Crippen LogP contribution is -2.14. The molecule has 1 saturated carbocycles. The Kier molecular flexibility index (Phi) is 4.32. The molecule has 3 rings (SSSR count). The van der Waals surface area contributed by atoms with Crippen LogP contribution in [0.25, 0.3) is 10.8 Å². The molecule has 0 spiro atoms. The molecular formula is C19H22F2O. The van der Waals surface area contributed by atoms with Crippen molar-refractivity contribution in [3.8, 4) is 5.75 Å². The first kappa shape index (κ1) is 15.3. The van der Waals surface area contributed by atoms with Gasteiger partial charge >= 0.3 is 0 Å². The van der Waals surface area contributed by atoms with Gasteiger partial charge in [-0.05, 0) is 66.7 Å². The number of rotatable bonds is 3. The molecule has 0 radical (unpaired) electrons. The van der Waals surface area contributed by atoms with Gasteiger partial charge in [0.2, 0.25) is 0 Å². The van der Waals surface area contributed by atoms with E-state index in [-0.39, 0.29) is 5.92 Å². The highest BCUT2D eigenvalue weighted by Crippen LogP contribution is 2.40. The summed E-state index contributed by atoms with van der Waals surface area (Å²) in [5.74, 6) is 0.00407. The monoisotopic (exact) mass is 304 g/mol. The molecule has 0 aliphatic heterocycles. The second-order valence-corrected chi connectivity index (χ2v) is 6.31. The SMILES string of the molecule is CCC1CCC(c2cc3ccc(OC)cc3c(F)c2F)CC1. The first-order valence-electron chi connectivity index (χ1n) is 8.09. The predicted molar refractivity (Wildman–Crippen MR) is 85.4 cm³/mol. The fourth-order valence-corrected chi connectivity index (χ4v) is 3.63. The highest BCUT2D eigenvalue weighted by molar-refractivity contribution is 5.85. The quantitative estimate of drug-likeness (QED) is 0.695. The summed E-state index contributed by atoms with van der Waals surface area (Å²) < 4.78 is 34.1. The van der Waals surface area contributed by atoms with Crippen molar-refractivity contribution < 1.29 is 13.5 Å². The molecule has 2 aromatic carbocycles. The molecule has 3 heteroatoms. The Labute approximate surface area is 130 Å². The Balaban J connectivity index is 1.99. The lowest BCUT2D eigenvalue weighted by Gasteiger charge is -2.28. The maximum absolute atomic E-state index is 14.5. The summed E-state index contributed by atoms with van der Waals surface area (Å²) in [7, 11) is 1.52. The van der Waals surface area contributed by atoms with Gasteiger partial charge in [-0.15, -0.1) is 0 Å². The van der Waals surface area contributed by atoms with Crippen LogP contribution in [0, 0.1) is 17.6 Å². The van der Waals surface area contributed by atoms with Gasteiger partial charge in [0.15, 0.2) is 11.6 Å². The van der Waals surface area contributed by atoms with Gasteiger partial charge in [0.25, 0.3) is 0 Å². The van der Waals surface area contributed by atoms with Crippen LogP contribution in [0.5, 0.6) is 5.75 Å². The topological polar surface area (TPSA) is 9.23 Å². The Bertz CT molecular complexity index is 673. The normalized spacial score (nSPS) is 22.0. The van der Waals surface area contributed by atoms with Crippen molar-refractivity contribution in [2.24, 2.45) is 5.92 Å². The van der Waals surface area contributed by atoms with E-state index in [0.717, 1.165) is 37.0 Å². The van der Waals surface area contributed by atoms with Crippen molar-refractivity contribution in [2.75, 3.05) is 7.11 Å². The summed E-state index contributed by atoms with van der Waals surface area (Å²) in [5, 5.41) is 1.04. The maximum Gasteiger partial charge on any atom is 0.167 e. The molecule has 0 heterocycles. The molecule has 0 saturated heterocycles. The number of hydrogen-bond acceptors (Lipinski definition) is 1. The van der Waals surface area contributed by atoms with Crippen molar-refractivity contribution in [3.05, 3.63) is 41.5 Å². The van der Waals surface area contributed by atoms with E-state index in [4.69, 9.17) is 4.74 Å².